The molecule has 3 rings (SSSR count). The Morgan fingerprint density at radius 2 is 2.16 bits per heavy atom. The second-order valence-electron chi connectivity index (χ2n) is 5.51. The van der Waals surface area contributed by atoms with Gasteiger partial charge in [-0.1, -0.05) is 12.1 Å². The number of hydrogen-bond acceptors (Lipinski definition) is 3. The highest BCUT2D eigenvalue weighted by atomic mass is 16.5. The normalized spacial score (nSPS) is 19.8. The number of carboxylic acids is 1. The van der Waals surface area contributed by atoms with Crippen LogP contribution in [0, 0.1) is 0 Å². The van der Waals surface area contributed by atoms with E-state index in [1.54, 1.807) is 7.11 Å². The van der Waals surface area contributed by atoms with Crippen molar-refractivity contribution in [3.8, 4) is 11.5 Å². The molecule has 1 N–H and O–H groups in total. The fourth-order valence-corrected chi connectivity index (χ4v) is 2.55. The summed E-state index contributed by atoms with van der Waals surface area (Å²) in [6, 6.07) is 5.77. The summed E-state index contributed by atoms with van der Waals surface area (Å²) in [5.41, 5.74) is 0.756. The van der Waals surface area contributed by atoms with E-state index in [4.69, 9.17) is 14.6 Å². The lowest BCUT2D eigenvalue weighted by Gasteiger charge is -2.20. The van der Waals surface area contributed by atoms with Crippen molar-refractivity contribution >= 4 is 5.97 Å². The molecule has 0 aromatic heterocycles. The third kappa shape index (κ3) is 2.39. The first-order valence-electron chi connectivity index (χ1n) is 6.70. The standard InChI is InChI=1S/C15H18O4/c1-18-12-4-2-3-11(14(12)19-10-5-6-10)15(7-8-15)9-13(16)17/h2-4,10H,5-9H2,1H3,(H,16,17). The molecule has 4 nitrogen and oxygen atoms in total. The van der Waals surface area contributed by atoms with E-state index in [1.165, 1.54) is 0 Å². The number of aliphatic carboxylic acids is 1. The zero-order valence-electron chi connectivity index (χ0n) is 11.0. The largest absolute Gasteiger partial charge is 0.493 e. The molecule has 0 heterocycles. The summed E-state index contributed by atoms with van der Waals surface area (Å²) >= 11 is 0. The summed E-state index contributed by atoms with van der Waals surface area (Å²) in [4.78, 5) is 11.1. The first kappa shape index (κ1) is 12.3. The number of para-hydroxylation sites is 1. The van der Waals surface area contributed by atoms with Crippen LogP contribution in [0.4, 0.5) is 0 Å². The molecule has 4 heteroatoms. The minimum absolute atomic E-state index is 0.168. The van der Waals surface area contributed by atoms with Crippen molar-refractivity contribution < 1.29 is 19.4 Å². The van der Waals surface area contributed by atoms with Crippen LogP contribution in [0.3, 0.4) is 0 Å². The highest BCUT2D eigenvalue weighted by Crippen LogP contribution is 2.56. The zero-order valence-corrected chi connectivity index (χ0v) is 11.0. The van der Waals surface area contributed by atoms with Crippen LogP contribution < -0.4 is 9.47 Å². The van der Waals surface area contributed by atoms with Gasteiger partial charge < -0.3 is 14.6 Å². The van der Waals surface area contributed by atoms with Gasteiger partial charge in [0.1, 0.15) is 0 Å². The van der Waals surface area contributed by atoms with Gasteiger partial charge in [0.25, 0.3) is 0 Å². The van der Waals surface area contributed by atoms with E-state index >= 15 is 0 Å². The number of benzene rings is 1. The molecule has 0 unspecified atom stereocenters. The smallest absolute Gasteiger partial charge is 0.304 e. The van der Waals surface area contributed by atoms with Gasteiger partial charge in [0.05, 0.1) is 19.6 Å². The topological polar surface area (TPSA) is 55.8 Å². The minimum Gasteiger partial charge on any atom is -0.493 e. The van der Waals surface area contributed by atoms with Crippen molar-refractivity contribution in [1.82, 2.24) is 0 Å². The van der Waals surface area contributed by atoms with Gasteiger partial charge in [0.2, 0.25) is 0 Å². The van der Waals surface area contributed by atoms with Gasteiger partial charge in [-0.15, -0.1) is 0 Å². The molecular weight excluding hydrogens is 244 g/mol. The Morgan fingerprint density at radius 1 is 1.42 bits per heavy atom. The van der Waals surface area contributed by atoms with E-state index in [2.05, 4.69) is 0 Å². The molecule has 1 aromatic carbocycles. The summed E-state index contributed by atoms with van der Waals surface area (Å²) in [7, 11) is 1.62. The van der Waals surface area contributed by atoms with Crippen molar-refractivity contribution in [3.63, 3.8) is 0 Å². The lowest BCUT2D eigenvalue weighted by molar-refractivity contribution is -0.137. The summed E-state index contributed by atoms with van der Waals surface area (Å²) < 4.78 is 11.3. The van der Waals surface area contributed by atoms with Gasteiger partial charge in [-0.3, -0.25) is 4.79 Å². The third-order valence-corrected chi connectivity index (χ3v) is 3.92. The lowest BCUT2D eigenvalue weighted by atomic mass is 9.91. The van der Waals surface area contributed by atoms with Gasteiger partial charge in [-0.25, -0.2) is 0 Å². The summed E-state index contributed by atoms with van der Waals surface area (Å²) in [6.45, 7) is 0. The summed E-state index contributed by atoms with van der Waals surface area (Å²) in [6.07, 6.45) is 4.41. The third-order valence-electron chi connectivity index (χ3n) is 3.92. The number of rotatable bonds is 6. The Bertz CT molecular complexity index is 501. The van der Waals surface area contributed by atoms with Gasteiger partial charge in [0, 0.05) is 11.0 Å². The summed E-state index contributed by atoms with van der Waals surface area (Å²) in [5.74, 6) is 0.713. The Hall–Kier alpha value is -1.71. The van der Waals surface area contributed by atoms with Crippen molar-refractivity contribution in [3.05, 3.63) is 23.8 Å². The van der Waals surface area contributed by atoms with Crippen LogP contribution in [0.1, 0.15) is 37.7 Å². The lowest BCUT2D eigenvalue weighted by Crippen LogP contribution is -2.15. The highest BCUT2D eigenvalue weighted by Gasteiger charge is 2.48. The van der Waals surface area contributed by atoms with Crippen molar-refractivity contribution in [2.24, 2.45) is 0 Å². The van der Waals surface area contributed by atoms with Gasteiger partial charge in [-0.2, -0.15) is 0 Å². The molecule has 0 spiro atoms. The molecule has 2 fully saturated rings. The number of carbonyl (C=O) groups is 1. The molecule has 102 valence electrons. The van der Waals surface area contributed by atoms with Crippen LogP contribution in [0.25, 0.3) is 0 Å². The molecule has 2 aliphatic carbocycles. The van der Waals surface area contributed by atoms with Crippen LogP contribution >= 0.6 is 0 Å². The van der Waals surface area contributed by atoms with Crippen molar-refractivity contribution in [2.75, 3.05) is 7.11 Å². The molecule has 2 aliphatic rings. The van der Waals surface area contributed by atoms with Gasteiger partial charge >= 0.3 is 5.97 Å². The molecule has 0 atom stereocenters. The van der Waals surface area contributed by atoms with Crippen molar-refractivity contribution in [2.45, 2.75) is 43.6 Å². The number of hydrogen-bond donors (Lipinski definition) is 1. The maximum Gasteiger partial charge on any atom is 0.304 e. The van der Waals surface area contributed by atoms with Crippen LogP contribution in [-0.2, 0) is 10.2 Å². The minimum atomic E-state index is -0.752. The van der Waals surface area contributed by atoms with E-state index in [0.29, 0.717) is 5.75 Å². The van der Waals surface area contributed by atoms with Gasteiger partial charge in [0.15, 0.2) is 11.5 Å². The number of carboxylic acid groups (broad SMARTS) is 1. The van der Waals surface area contributed by atoms with E-state index in [0.717, 1.165) is 37.0 Å². The number of ether oxygens (including phenoxy) is 2. The Morgan fingerprint density at radius 3 is 2.68 bits per heavy atom. The molecule has 0 aliphatic heterocycles. The summed E-state index contributed by atoms with van der Waals surface area (Å²) in [5, 5.41) is 9.09. The quantitative estimate of drug-likeness (QED) is 0.856. The highest BCUT2D eigenvalue weighted by molar-refractivity contribution is 5.71. The van der Waals surface area contributed by atoms with Gasteiger partial charge in [-0.05, 0) is 31.7 Å². The monoisotopic (exact) mass is 262 g/mol. The maximum atomic E-state index is 11.1. The second kappa shape index (κ2) is 4.44. The predicted molar refractivity (Wildman–Crippen MR) is 69.8 cm³/mol. The first-order valence-corrected chi connectivity index (χ1v) is 6.70. The zero-order chi connectivity index (χ0) is 13.5. The molecule has 0 saturated heterocycles. The fourth-order valence-electron chi connectivity index (χ4n) is 2.55. The SMILES string of the molecule is COc1cccc(C2(CC(=O)O)CC2)c1OC1CC1. The Labute approximate surface area is 112 Å². The Balaban J connectivity index is 1.97. The predicted octanol–water partition coefficient (Wildman–Crippen LogP) is 2.74. The molecule has 2 saturated carbocycles. The van der Waals surface area contributed by atoms with E-state index in [9.17, 15) is 4.79 Å². The average Bonchev–Trinajstić information content (AvgIpc) is 3.26. The van der Waals surface area contributed by atoms with Crippen LogP contribution in [-0.4, -0.2) is 24.3 Å². The molecular formula is C15H18O4. The van der Waals surface area contributed by atoms with E-state index in [1.807, 2.05) is 18.2 Å². The molecule has 0 bridgehead atoms. The molecule has 19 heavy (non-hydrogen) atoms. The fraction of sp³-hybridized carbons (Fsp3) is 0.533. The van der Waals surface area contributed by atoms with E-state index < -0.39 is 5.97 Å². The van der Waals surface area contributed by atoms with Crippen LogP contribution in [0.15, 0.2) is 18.2 Å². The first-order chi connectivity index (χ1) is 9.14. The van der Waals surface area contributed by atoms with Crippen molar-refractivity contribution in [1.29, 1.82) is 0 Å². The maximum absolute atomic E-state index is 11.1. The molecule has 0 radical (unpaired) electrons. The molecule has 0 amide bonds. The average molecular weight is 262 g/mol. The van der Waals surface area contributed by atoms with Crippen LogP contribution in [0.2, 0.25) is 0 Å². The Kier molecular flexibility index (Phi) is 2.88. The van der Waals surface area contributed by atoms with Crippen LogP contribution in [0.5, 0.6) is 11.5 Å². The van der Waals surface area contributed by atoms with E-state index in [-0.39, 0.29) is 17.9 Å². The molecule has 1 aromatic rings. The second-order valence-corrected chi connectivity index (χ2v) is 5.51. The number of methoxy groups -OCH3 is 1.